The second kappa shape index (κ2) is 8.79. The minimum atomic E-state index is -4.79. The number of fused-ring (bicyclic) bond motifs is 1. The summed E-state index contributed by atoms with van der Waals surface area (Å²) >= 11 is 4.42. The number of aliphatic imine (C=N–C) groups is 1. The van der Waals surface area contributed by atoms with E-state index in [-0.39, 0.29) is 23.1 Å². The predicted molar refractivity (Wildman–Crippen MR) is 99.8 cm³/mol. The van der Waals surface area contributed by atoms with Crippen LogP contribution in [0.3, 0.4) is 0 Å². The summed E-state index contributed by atoms with van der Waals surface area (Å²) in [5.41, 5.74) is 3.04. The summed E-state index contributed by atoms with van der Waals surface area (Å²) in [6.07, 6.45) is -4.25. The summed E-state index contributed by atoms with van der Waals surface area (Å²) in [7, 11) is 0. The van der Waals surface area contributed by atoms with Crippen LogP contribution in [0, 0.1) is 0 Å². The SMILES string of the molecule is Nc1ccc2c(C(F)(F)F)c(CC(=O)NCCCCN=C=S)c(=O)[nH]c2c1. The molecule has 144 valence electrons. The lowest BCUT2D eigenvalue weighted by molar-refractivity contribution is -0.137. The highest BCUT2D eigenvalue weighted by Crippen LogP contribution is 2.36. The molecule has 0 radical (unpaired) electrons. The van der Waals surface area contributed by atoms with Crippen LogP contribution in [-0.2, 0) is 17.4 Å². The average molecular weight is 398 g/mol. The number of H-pyrrole nitrogens is 1. The standard InChI is InChI=1S/C17H17F3N4O2S/c18-17(19,20)15-11-4-3-10(21)7-13(11)24-16(26)12(15)8-14(25)23-6-2-1-5-22-9-27/h3-4,7H,1-2,5-6,8,21H2,(H,23,25)(H,24,26). The Hall–Kier alpha value is -2.71. The first-order valence-corrected chi connectivity index (χ1v) is 8.46. The summed E-state index contributed by atoms with van der Waals surface area (Å²) in [4.78, 5) is 30.3. The number of halogens is 3. The molecule has 4 N–H and O–H groups in total. The molecule has 10 heteroatoms. The molecule has 0 fully saturated rings. The lowest BCUT2D eigenvalue weighted by Gasteiger charge is -2.15. The number of benzene rings is 1. The Bertz CT molecular complexity index is 950. The molecule has 0 bridgehead atoms. The number of nitrogens with two attached hydrogens (primary N) is 1. The number of carbonyl (C=O) groups excluding carboxylic acids is 1. The van der Waals surface area contributed by atoms with Gasteiger partial charge < -0.3 is 16.0 Å². The number of aromatic nitrogens is 1. The Morgan fingerprint density at radius 3 is 2.74 bits per heavy atom. The zero-order valence-electron chi connectivity index (χ0n) is 14.2. The summed E-state index contributed by atoms with van der Waals surface area (Å²) < 4.78 is 40.8. The molecule has 2 aromatic rings. The normalized spacial score (nSPS) is 11.2. The first kappa shape index (κ1) is 20.6. The molecular weight excluding hydrogens is 381 g/mol. The number of hydrogen-bond acceptors (Lipinski definition) is 5. The van der Waals surface area contributed by atoms with Crippen molar-refractivity contribution in [2.24, 2.45) is 4.99 Å². The number of alkyl halides is 3. The number of nitrogens with one attached hydrogen (secondary N) is 2. The van der Waals surface area contributed by atoms with Crippen LogP contribution < -0.4 is 16.6 Å². The molecule has 6 nitrogen and oxygen atoms in total. The van der Waals surface area contributed by atoms with E-state index >= 15 is 0 Å². The number of thiocarbonyl (C=S) groups is 1. The molecule has 27 heavy (non-hydrogen) atoms. The predicted octanol–water partition coefficient (Wildman–Crippen LogP) is 2.67. The fourth-order valence-corrected chi connectivity index (χ4v) is 2.75. The molecule has 0 saturated heterocycles. The molecule has 0 aliphatic carbocycles. The van der Waals surface area contributed by atoms with E-state index in [1.54, 1.807) is 0 Å². The van der Waals surface area contributed by atoms with Crippen LogP contribution in [0.15, 0.2) is 28.0 Å². The van der Waals surface area contributed by atoms with Crippen molar-refractivity contribution in [3.05, 3.63) is 39.7 Å². The highest BCUT2D eigenvalue weighted by Gasteiger charge is 2.37. The molecule has 0 saturated carbocycles. The number of nitrogens with zero attached hydrogens (tertiary/aromatic N) is 1. The zero-order chi connectivity index (χ0) is 20.0. The number of hydrogen-bond donors (Lipinski definition) is 3. The summed E-state index contributed by atoms with van der Waals surface area (Å²) in [6.45, 7) is 0.722. The zero-order valence-corrected chi connectivity index (χ0v) is 15.0. The second-order valence-corrected chi connectivity index (χ2v) is 6.00. The molecule has 1 aromatic carbocycles. The Morgan fingerprint density at radius 1 is 1.33 bits per heavy atom. The number of pyridine rings is 1. The Balaban J connectivity index is 2.25. The maximum absolute atomic E-state index is 13.6. The van der Waals surface area contributed by atoms with Crippen molar-refractivity contribution in [2.75, 3.05) is 18.8 Å². The second-order valence-electron chi connectivity index (χ2n) is 5.82. The highest BCUT2D eigenvalue weighted by atomic mass is 32.1. The van der Waals surface area contributed by atoms with Crippen LogP contribution in [0.5, 0.6) is 0 Å². The van der Waals surface area contributed by atoms with Crippen molar-refractivity contribution >= 4 is 39.9 Å². The largest absolute Gasteiger partial charge is 0.417 e. The van der Waals surface area contributed by atoms with E-state index in [0.717, 1.165) is 0 Å². The van der Waals surface area contributed by atoms with Gasteiger partial charge in [-0.1, -0.05) is 6.07 Å². The number of isothiocyanates is 1. The fourth-order valence-electron chi connectivity index (χ4n) is 2.66. The van der Waals surface area contributed by atoms with E-state index in [0.29, 0.717) is 19.4 Å². The van der Waals surface area contributed by atoms with Gasteiger partial charge in [-0.05, 0) is 37.2 Å². The van der Waals surface area contributed by atoms with E-state index in [9.17, 15) is 22.8 Å². The third kappa shape index (κ3) is 5.38. The van der Waals surface area contributed by atoms with Gasteiger partial charge in [0.15, 0.2) is 0 Å². The van der Waals surface area contributed by atoms with Crippen molar-refractivity contribution in [1.29, 1.82) is 0 Å². The third-order valence-corrected chi connectivity index (χ3v) is 3.97. The lowest BCUT2D eigenvalue weighted by atomic mass is 10.00. The van der Waals surface area contributed by atoms with Crippen molar-refractivity contribution < 1.29 is 18.0 Å². The fraction of sp³-hybridized carbons (Fsp3) is 0.353. The Kier molecular flexibility index (Phi) is 6.70. The summed E-state index contributed by atoms with van der Waals surface area (Å²) in [5, 5.41) is 4.51. The molecule has 1 aromatic heterocycles. The average Bonchev–Trinajstić information content (AvgIpc) is 2.57. The molecule has 2 rings (SSSR count). The van der Waals surface area contributed by atoms with Crippen LogP contribution in [0.2, 0.25) is 0 Å². The summed E-state index contributed by atoms with van der Waals surface area (Å²) in [6, 6.07) is 3.74. The van der Waals surface area contributed by atoms with Crippen molar-refractivity contribution in [3.8, 4) is 0 Å². The van der Waals surface area contributed by atoms with Gasteiger partial charge in [0, 0.05) is 29.7 Å². The molecule has 1 amide bonds. The number of anilines is 1. The maximum Gasteiger partial charge on any atom is 0.417 e. The molecule has 0 aliphatic rings. The minimum absolute atomic E-state index is 0.0319. The number of unbranched alkanes of at least 4 members (excludes halogenated alkanes) is 1. The van der Waals surface area contributed by atoms with Crippen LogP contribution >= 0.6 is 12.2 Å². The van der Waals surface area contributed by atoms with Gasteiger partial charge in [0.2, 0.25) is 5.91 Å². The van der Waals surface area contributed by atoms with Gasteiger partial charge in [-0.2, -0.15) is 13.2 Å². The van der Waals surface area contributed by atoms with Crippen LogP contribution in [-0.4, -0.2) is 29.1 Å². The third-order valence-electron chi connectivity index (χ3n) is 3.84. The van der Waals surface area contributed by atoms with Crippen molar-refractivity contribution in [2.45, 2.75) is 25.4 Å². The molecule has 0 spiro atoms. The number of aromatic amines is 1. The van der Waals surface area contributed by atoms with Crippen LogP contribution in [0.1, 0.15) is 24.0 Å². The number of nitrogen functional groups attached to an aromatic ring is 1. The number of rotatable bonds is 7. The van der Waals surface area contributed by atoms with Gasteiger partial charge in [-0.3, -0.25) is 9.59 Å². The van der Waals surface area contributed by atoms with Crippen LogP contribution in [0.25, 0.3) is 10.9 Å². The van der Waals surface area contributed by atoms with Gasteiger partial charge in [-0.25, -0.2) is 4.99 Å². The van der Waals surface area contributed by atoms with E-state index in [1.807, 2.05) is 0 Å². The number of carbonyl (C=O) groups is 1. The van der Waals surface area contributed by atoms with E-state index in [4.69, 9.17) is 5.73 Å². The first-order chi connectivity index (χ1) is 12.7. The first-order valence-electron chi connectivity index (χ1n) is 8.06. The molecule has 0 atom stereocenters. The molecule has 0 aliphatic heterocycles. The van der Waals surface area contributed by atoms with Crippen molar-refractivity contribution in [1.82, 2.24) is 10.3 Å². The monoisotopic (exact) mass is 398 g/mol. The molecule has 0 unspecified atom stereocenters. The quantitative estimate of drug-likeness (QED) is 0.289. The van der Waals surface area contributed by atoms with E-state index in [2.05, 4.69) is 32.7 Å². The number of amides is 1. The Morgan fingerprint density at radius 2 is 2.07 bits per heavy atom. The van der Waals surface area contributed by atoms with Crippen LogP contribution in [0.4, 0.5) is 18.9 Å². The molecular formula is C17H17F3N4O2S. The Labute approximate surface area is 157 Å². The van der Waals surface area contributed by atoms with E-state index < -0.39 is 35.2 Å². The van der Waals surface area contributed by atoms with E-state index in [1.165, 1.54) is 18.2 Å². The molecule has 1 heterocycles. The topological polar surface area (TPSA) is 100 Å². The minimum Gasteiger partial charge on any atom is -0.399 e. The highest BCUT2D eigenvalue weighted by molar-refractivity contribution is 7.78. The van der Waals surface area contributed by atoms with Gasteiger partial charge in [-0.15, -0.1) is 0 Å². The van der Waals surface area contributed by atoms with Gasteiger partial charge >= 0.3 is 6.18 Å². The van der Waals surface area contributed by atoms with Gasteiger partial charge in [0.05, 0.1) is 22.7 Å². The van der Waals surface area contributed by atoms with Gasteiger partial charge in [0.1, 0.15) is 0 Å². The smallest absolute Gasteiger partial charge is 0.399 e. The van der Waals surface area contributed by atoms with Crippen molar-refractivity contribution in [3.63, 3.8) is 0 Å². The maximum atomic E-state index is 13.6. The summed E-state index contributed by atoms with van der Waals surface area (Å²) in [5.74, 6) is -0.667. The lowest BCUT2D eigenvalue weighted by Crippen LogP contribution is -2.31. The van der Waals surface area contributed by atoms with Gasteiger partial charge in [0.25, 0.3) is 5.56 Å².